The van der Waals surface area contributed by atoms with Gasteiger partial charge in [-0.25, -0.2) is 13.1 Å². The first-order chi connectivity index (χ1) is 9.42. The molecule has 0 bridgehead atoms. The van der Waals surface area contributed by atoms with Crippen molar-refractivity contribution in [2.24, 2.45) is 5.41 Å². The Labute approximate surface area is 124 Å². The van der Waals surface area contributed by atoms with E-state index in [1.54, 1.807) is 20.1 Å². The second-order valence-corrected chi connectivity index (χ2v) is 8.43. The van der Waals surface area contributed by atoms with Crippen LogP contribution in [0.1, 0.15) is 29.0 Å². The predicted molar refractivity (Wildman–Crippen MR) is 78.3 cm³/mol. The molecule has 0 saturated heterocycles. The van der Waals surface area contributed by atoms with E-state index in [2.05, 4.69) is 4.72 Å². The smallest absolute Gasteiger partial charge is 0.241 e. The van der Waals surface area contributed by atoms with Crippen LogP contribution in [0, 0.1) is 12.3 Å². The van der Waals surface area contributed by atoms with Crippen molar-refractivity contribution in [3.8, 4) is 0 Å². The lowest BCUT2D eigenvalue weighted by atomic mass is 10.0. The predicted octanol–water partition coefficient (Wildman–Crippen LogP) is 1.64. The summed E-state index contributed by atoms with van der Waals surface area (Å²) in [5, 5.41) is 9.09. The summed E-state index contributed by atoms with van der Waals surface area (Å²) in [5.41, 5.74) is 0.0762. The SMILES string of the molecule is COCCC1(CNS(=O)(=O)c2cc(CO)sc2C)CC1. The molecule has 1 aromatic rings. The average Bonchev–Trinajstić information content (AvgIpc) is 3.09. The first kappa shape index (κ1) is 15.9. The normalized spacial score (nSPS) is 17.4. The van der Waals surface area contributed by atoms with Gasteiger partial charge in [0, 0.05) is 30.0 Å². The molecule has 1 aliphatic carbocycles. The van der Waals surface area contributed by atoms with Gasteiger partial charge in [-0.2, -0.15) is 0 Å². The highest BCUT2D eigenvalue weighted by atomic mass is 32.2. The van der Waals surface area contributed by atoms with Crippen LogP contribution in [-0.4, -0.2) is 33.8 Å². The molecule has 5 nitrogen and oxygen atoms in total. The van der Waals surface area contributed by atoms with Crippen molar-refractivity contribution in [2.45, 2.75) is 37.7 Å². The molecule has 1 aromatic heterocycles. The van der Waals surface area contributed by atoms with Crippen molar-refractivity contribution >= 4 is 21.4 Å². The van der Waals surface area contributed by atoms with Crippen LogP contribution in [-0.2, 0) is 21.4 Å². The van der Waals surface area contributed by atoms with Gasteiger partial charge in [-0.15, -0.1) is 11.3 Å². The van der Waals surface area contributed by atoms with Gasteiger partial charge < -0.3 is 9.84 Å². The molecule has 0 amide bonds. The van der Waals surface area contributed by atoms with E-state index in [4.69, 9.17) is 9.84 Å². The second kappa shape index (κ2) is 6.11. The van der Waals surface area contributed by atoms with E-state index in [9.17, 15) is 8.42 Å². The number of nitrogens with one attached hydrogen (secondary N) is 1. The molecule has 1 heterocycles. The molecule has 0 radical (unpaired) electrons. The van der Waals surface area contributed by atoms with Gasteiger partial charge >= 0.3 is 0 Å². The molecule has 114 valence electrons. The van der Waals surface area contributed by atoms with Crippen molar-refractivity contribution in [3.63, 3.8) is 0 Å². The van der Waals surface area contributed by atoms with Crippen LogP contribution in [0.4, 0.5) is 0 Å². The van der Waals surface area contributed by atoms with E-state index >= 15 is 0 Å². The lowest BCUT2D eigenvalue weighted by molar-refractivity contribution is 0.173. The summed E-state index contributed by atoms with van der Waals surface area (Å²) in [6.45, 7) is 2.76. The minimum absolute atomic E-state index is 0.0762. The highest BCUT2D eigenvalue weighted by Crippen LogP contribution is 2.48. The van der Waals surface area contributed by atoms with Crippen LogP contribution in [0.2, 0.25) is 0 Å². The third kappa shape index (κ3) is 3.59. The van der Waals surface area contributed by atoms with Crippen molar-refractivity contribution in [2.75, 3.05) is 20.3 Å². The number of aliphatic hydroxyl groups excluding tert-OH is 1. The van der Waals surface area contributed by atoms with Gasteiger partial charge in [-0.3, -0.25) is 0 Å². The highest BCUT2D eigenvalue weighted by molar-refractivity contribution is 7.89. The summed E-state index contributed by atoms with van der Waals surface area (Å²) < 4.78 is 32.4. The van der Waals surface area contributed by atoms with Crippen molar-refractivity contribution < 1.29 is 18.3 Å². The number of thiophene rings is 1. The average molecular weight is 319 g/mol. The summed E-state index contributed by atoms with van der Waals surface area (Å²) in [4.78, 5) is 1.67. The Morgan fingerprint density at radius 1 is 1.50 bits per heavy atom. The molecule has 20 heavy (non-hydrogen) atoms. The zero-order chi connectivity index (χ0) is 14.8. The van der Waals surface area contributed by atoms with E-state index in [1.165, 1.54) is 11.3 Å². The number of rotatable bonds is 8. The number of sulfonamides is 1. The monoisotopic (exact) mass is 319 g/mol. The topological polar surface area (TPSA) is 75.6 Å². The third-order valence-electron chi connectivity index (χ3n) is 3.80. The summed E-state index contributed by atoms with van der Waals surface area (Å²) in [6, 6.07) is 1.55. The third-order valence-corrected chi connectivity index (χ3v) is 6.49. The summed E-state index contributed by atoms with van der Waals surface area (Å²) in [7, 11) is -1.83. The quantitative estimate of drug-likeness (QED) is 0.764. The molecular weight excluding hydrogens is 298 g/mol. The van der Waals surface area contributed by atoms with Gasteiger partial charge in [0.1, 0.15) is 0 Å². The molecule has 1 fully saturated rings. The van der Waals surface area contributed by atoms with E-state index in [-0.39, 0.29) is 16.9 Å². The second-order valence-electron chi connectivity index (χ2n) is 5.36. The molecule has 1 aliphatic rings. The molecule has 2 N–H and O–H groups in total. The fourth-order valence-corrected chi connectivity index (χ4v) is 4.86. The molecule has 0 aromatic carbocycles. The van der Waals surface area contributed by atoms with E-state index < -0.39 is 10.0 Å². The van der Waals surface area contributed by atoms with Crippen LogP contribution >= 0.6 is 11.3 Å². The summed E-state index contributed by atoms with van der Waals surface area (Å²) in [6.07, 6.45) is 2.98. The number of methoxy groups -OCH3 is 1. The zero-order valence-corrected chi connectivity index (χ0v) is 13.4. The van der Waals surface area contributed by atoms with Crippen molar-refractivity contribution in [3.05, 3.63) is 15.8 Å². The first-order valence-corrected chi connectivity index (χ1v) is 8.91. The Balaban J connectivity index is 2.02. The fraction of sp³-hybridized carbons (Fsp3) is 0.692. The van der Waals surface area contributed by atoms with Crippen LogP contribution < -0.4 is 4.72 Å². The number of ether oxygens (including phenoxy) is 1. The first-order valence-electron chi connectivity index (χ1n) is 6.61. The highest BCUT2D eigenvalue weighted by Gasteiger charge is 2.42. The van der Waals surface area contributed by atoms with E-state index in [0.717, 1.165) is 19.3 Å². The molecule has 2 rings (SSSR count). The van der Waals surface area contributed by atoms with Gasteiger partial charge in [0.2, 0.25) is 10.0 Å². The van der Waals surface area contributed by atoms with E-state index in [1.807, 2.05) is 0 Å². The molecule has 0 spiro atoms. The Morgan fingerprint density at radius 2 is 2.20 bits per heavy atom. The molecule has 0 aliphatic heterocycles. The summed E-state index contributed by atoms with van der Waals surface area (Å²) >= 11 is 1.31. The van der Waals surface area contributed by atoms with Crippen LogP contribution in [0.15, 0.2) is 11.0 Å². The summed E-state index contributed by atoms with van der Waals surface area (Å²) in [5.74, 6) is 0. The maximum Gasteiger partial charge on any atom is 0.241 e. The molecule has 1 saturated carbocycles. The minimum atomic E-state index is -3.49. The van der Waals surface area contributed by atoms with Gasteiger partial charge in [0.05, 0.1) is 11.5 Å². The standard InChI is InChI=1S/C13H21NO4S2/c1-10-12(7-11(8-15)19-10)20(16,17)14-9-13(3-4-13)5-6-18-2/h7,14-15H,3-6,8-9H2,1-2H3. The number of hydrogen-bond acceptors (Lipinski definition) is 5. The lowest BCUT2D eigenvalue weighted by Gasteiger charge is -2.15. The number of hydrogen-bond donors (Lipinski definition) is 2. The molecule has 0 unspecified atom stereocenters. The minimum Gasteiger partial charge on any atom is -0.391 e. The fourth-order valence-electron chi connectivity index (χ4n) is 2.21. The lowest BCUT2D eigenvalue weighted by Crippen LogP contribution is -2.31. The maximum atomic E-state index is 12.3. The maximum absolute atomic E-state index is 12.3. The zero-order valence-electron chi connectivity index (χ0n) is 11.8. The Morgan fingerprint density at radius 3 is 2.70 bits per heavy atom. The largest absolute Gasteiger partial charge is 0.391 e. The molecular formula is C13H21NO4S2. The number of aryl methyl sites for hydroxylation is 1. The Kier molecular flexibility index (Phi) is 4.86. The van der Waals surface area contributed by atoms with Crippen molar-refractivity contribution in [1.29, 1.82) is 0 Å². The van der Waals surface area contributed by atoms with E-state index in [0.29, 0.717) is 22.9 Å². The van der Waals surface area contributed by atoms with Gasteiger partial charge in [-0.1, -0.05) is 0 Å². The Hall–Kier alpha value is -0.470. The van der Waals surface area contributed by atoms with Gasteiger partial charge in [0.25, 0.3) is 0 Å². The molecule has 7 heteroatoms. The van der Waals surface area contributed by atoms with Gasteiger partial charge in [-0.05, 0) is 37.7 Å². The van der Waals surface area contributed by atoms with Crippen LogP contribution in [0.5, 0.6) is 0 Å². The van der Waals surface area contributed by atoms with Gasteiger partial charge in [0.15, 0.2) is 0 Å². The van der Waals surface area contributed by atoms with Crippen LogP contribution in [0.3, 0.4) is 0 Å². The number of aliphatic hydroxyl groups is 1. The Bertz CT molecular complexity index is 561. The van der Waals surface area contributed by atoms with Crippen molar-refractivity contribution in [1.82, 2.24) is 4.72 Å². The van der Waals surface area contributed by atoms with Crippen LogP contribution in [0.25, 0.3) is 0 Å². The molecule has 0 atom stereocenters.